The second kappa shape index (κ2) is 5.10. The molecule has 0 amide bonds. The first kappa shape index (κ1) is 7.96. The molecule has 0 aliphatic rings. The van der Waals surface area contributed by atoms with E-state index in [1.54, 1.807) is 6.61 Å². The molecular weight excluding hydrogens is 100 g/mol. The van der Waals surface area contributed by atoms with Crippen molar-refractivity contribution in [3.63, 3.8) is 0 Å². The lowest BCUT2D eigenvalue weighted by atomic mass is 10.2. The van der Waals surface area contributed by atoms with E-state index in [1.807, 2.05) is 6.92 Å². The fraction of sp³-hybridized carbons (Fsp3) is 0.857. The summed E-state index contributed by atoms with van der Waals surface area (Å²) in [5.74, 6) is 0. The van der Waals surface area contributed by atoms with Crippen LogP contribution in [0, 0.1) is 6.61 Å². The molecule has 0 heterocycles. The Hall–Kier alpha value is -0.0400. The lowest BCUT2D eigenvalue weighted by Crippen LogP contribution is -2.06. The van der Waals surface area contributed by atoms with Crippen molar-refractivity contribution < 1.29 is 4.74 Å². The maximum Gasteiger partial charge on any atom is 0.0809 e. The van der Waals surface area contributed by atoms with Crippen molar-refractivity contribution in [2.45, 2.75) is 39.7 Å². The quantitative estimate of drug-likeness (QED) is 0.546. The number of hydrogen-bond donors (Lipinski definition) is 0. The Balaban J connectivity index is 3.07. The van der Waals surface area contributed by atoms with Gasteiger partial charge < -0.3 is 4.74 Å². The Morgan fingerprint density at radius 1 is 1.38 bits per heavy atom. The zero-order valence-electron chi connectivity index (χ0n) is 5.98. The Kier molecular flexibility index (Phi) is 5.08. The Morgan fingerprint density at radius 2 is 1.88 bits per heavy atom. The first-order valence-electron chi connectivity index (χ1n) is 3.28. The van der Waals surface area contributed by atoms with Gasteiger partial charge in [-0.05, 0) is 19.8 Å². The number of hydrogen-bond acceptors (Lipinski definition) is 1. The van der Waals surface area contributed by atoms with Gasteiger partial charge >= 0.3 is 0 Å². The highest BCUT2D eigenvalue weighted by Gasteiger charge is 1.98. The minimum absolute atomic E-state index is 0.444. The molecule has 0 aliphatic heterocycles. The average molecular weight is 115 g/mol. The molecule has 0 aromatic rings. The van der Waals surface area contributed by atoms with E-state index in [0.29, 0.717) is 6.10 Å². The van der Waals surface area contributed by atoms with Crippen LogP contribution in [-0.2, 0) is 4.74 Å². The highest BCUT2D eigenvalue weighted by molar-refractivity contribution is 4.52. The van der Waals surface area contributed by atoms with Crippen LogP contribution < -0.4 is 0 Å². The van der Waals surface area contributed by atoms with Crippen LogP contribution in [0.25, 0.3) is 0 Å². The molecule has 0 aliphatic carbocycles. The Morgan fingerprint density at radius 3 is 2.00 bits per heavy atom. The van der Waals surface area contributed by atoms with Crippen LogP contribution in [0.2, 0.25) is 0 Å². The van der Waals surface area contributed by atoms with Crippen molar-refractivity contribution in [1.29, 1.82) is 0 Å². The van der Waals surface area contributed by atoms with Gasteiger partial charge in [-0.25, -0.2) is 0 Å². The first-order chi connectivity index (χ1) is 3.85. The van der Waals surface area contributed by atoms with Crippen LogP contribution in [-0.4, -0.2) is 6.10 Å². The van der Waals surface area contributed by atoms with Crippen molar-refractivity contribution in [1.82, 2.24) is 0 Å². The molecule has 0 aromatic carbocycles. The van der Waals surface area contributed by atoms with E-state index in [4.69, 9.17) is 4.74 Å². The zero-order valence-corrected chi connectivity index (χ0v) is 5.98. The highest BCUT2D eigenvalue weighted by Crippen LogP contribution is 2.02. The summed E-state index contributed by atoms with van der Waals surface area (Å²) in [5, 5.41) is 0. The molecule has 0 spiro atoms. The molecule has 0 N–H and O–H groups in total. The van der Waals surface area contributed by atoms with E-state index in [-0.39, 0.29) is 0 Å². The van der Waals surface area contributed by atoms with E-state index in [2.05, 4.69) is 13.8 Å². The summed E-state index contributed by atoms with van der Waals surface area (Å²) in [6, 6.07) is 0. The van der Waals surface area contributed by atoms with Gasteiger partial charge in [0.15, 0.2) is 0 Å². The SMILES string of the molecule is C[CH]OC(CC)CC. The second-order valence-corrected chi connectivity index (χ2v) is 1.81. The van der Waals surface area contributed by atoms with Gasteiger partial charge in [-0.3, -0.25) is 0 Å². The second-order valence-electron chi connectivity index (χ2n) is 1.81. The molecule has 0 atom stereocenters. The molecule has 8 heavy (non-hydrogen) atoms. The van der Waals surface area contributed by atoms with Crippen LogP contribution in [0.1, 0.15) is 33.6 Å². The highest BCUT2D eigenvalue weighted by atomic mass is 16.5. The van der Waals surface area contributed by atoms with Crippen LogP contribution in [0.15, 0.2) is 0 Å². The smallest absolute Gasteiger partial charge is 0.0809 e. The van der Waals surface area contributed by atoms with Gasteiger partial charge in [-0.2, -0.15) is 0 Å². The van der Waals surface area contributed by atoms with Gasteiger partial charge in [0.05, 0.1) is 12.7 Å². The molecule has 0 saturated heterocycles. The maximum atomic E-state index is 5.22. The summed E-state index contributed by atoms with van der Waals surface area (Å²) in [6.45, 7) is 7.95. The van der Waals surface area contributed by atoms with Crippen LogP contribution in [0.3, 0.4) is 0 Å². The first-order valence-corrected chi connectivity index (χ1v) is 3.28. The van der Waals surface area contributed by atoms with Crippen molar-refractivity contribution in [2.75, 3.05) is 0 Å². The van der Waals surface area contributed by atoms with E-state index < -0.39 is 0 Å². The standard InChI is InChI=1S/C7H15O/c1-4-7(5-2)8-6-3/h6-7H,4-5H2,1-3H3. The molecule has 0 aromatic heterocycles. The molecule has 1 nitrogen and oxygen atoms in total. The lowest BCUT2D eigenvalue weighted by Gasteiger charge is -2.09. The van der Waals surface area contributed by atoms with Gasteiger partial charge in [-0.15, -0.1) is 0 Å². The maximum absolute atomic E-state index is 5.22. The molecular formula is C7H15O. The van der Waals surface area contributed by atoms with Crippen molar-refractivity contribution in [3.05, 3.63) is 6.61 Å². The topological polar surface area (TPSA) is 9.23 Å². The summed E-state index contributed by atoms with van der Waals surface area (Å²) in [4.78, 5) is 0. The minimum atomic E-state index is 0.444. The van der Waals surface area contributed by atoms with Gasteiger partial charge in [0.25, 0.3) is 0 Å². The van der Waals surface area contributed by atoms with E-state index >= 15 is 0 Å². The Bertz CT molecular complexity index is 39.7. The predicted octanol–water partition coefficient (Wildman–Crippen LogP) is 2.37. The molecule has 0 fully saturated rings. The molecule has 0 bridgehead atoms. The third kappa shape index (κ3) is 3.03. The van der Waals surface area contributed by atoms with Crippen molar-refractivity contribution in [3.8, 4) is 0 Å². The molecule has 0 saturated carbocycles. The third-order valence-corrected chi connectivity index (χ3v) is 1.24. The fourth-order valence-electron chi connectivity index (χ4n) is 0.674. The van der Waals surface area contributed by atoms with Gasteiger partial charge in [0, 0.05) is 0 Å². The molecule has 1 heteroatoms. The van der Waals surface area contributed by atoms with Gasteiger partial charge in [0.1, 0.15) is 0 Å². The summed E-state index contributed by atoms with van der Waals surface area (Å²) in [7, 11) is 0. The summed E-state index contributed by atoms with van der Waals surface area (Å²) >= 11 is 0. The van der Waals surface area contributed by atoms with Gasteiger partial charge in [0.2, 0.25) is 0 Å². The minimum Gasteiger partial charge on any atom is -0.373 e. The molecule has 1 radical (unpaired) electrons. The fourth-order valence-corrected chi connectivity index (χ4v) is 0.674. The van der Waals surface area contributed by atoms with E-state index in [1.165, 1.54) is 0 Å². The normalized spacial score (nSPS) is 10.5. The third-order valence-electron chi connectivity index (χ3n) is 1.24. The van der Waals surface area contributed by atoms with E-state index in [9.17, 15) is 0 Å². The zero-order chi connectivity index (χ0) is 6.41. The molecule has 49 valence electrons. The van der Waals surface area contributed by atoms with E-state index in [0.717, 1.165) is 12.8 Å². The Labute approximate surface area is 52.0 Å². The van der Waals surface area contributed by atoms with Gasteiger partial charge in [-0.1, -0.05) is 13.8 Å². The number of rotatable bonds is 4. The van der Waals surface area contributed by atoms with Crippen molar-refractivity contribution in [2.24, 2.45) is 0 Å². The summed E-state index contributed by atoms with van der Waals surface area (Å²) < 4.78 is 5.22. The van der Waals surface area contributed by atoms with Crippen LogP contribution in [0.5, 0.6) is 0 Å². The van der Waals surface area contributed by atoms with Crippen LogP contribution in [0.4, 0.5) is 0 Å². The monoisotopic (exact) mass is 115 g/mol. The average Bonchev–Trinajstić information content (AvgIpc) is 1.83. The van der Waals surface area contributed by atoms with Crippen molar-refractivity contribution >= 4 is 0 Å². The summed E-state index contributed by atoms with van der Waals surface area (Å²) in [5.41, 5.74) is 0. The number of ether oxygens (including phenoxy) is 1. The largest absolute Gasteiger partial charge is 0.373 e. The lowest BCUT2D eigenvalue weighted by molar-refractivity contribution is 0.102. The molecule has 0 rings (SSSR count). The van der Waals surface area contributed by atoms with Crippen LogP contribution >= 0.6 is 0 Å². The predicted molar refractivity (Wildman–Crippen MR) is 35.4 cm³/mol. The summed E-state index contributed by atoms with van der Waals surface area (Å²) in [6.07, 6.45) is 2.67. The molecule has 0 unspecified atom stereocenters.